The van der Waals surface area contributed by atoms with Gasteiger partial charge in [-0.3, -0.25) is 0 Å². The van der Waals surface area contributed by atoms with Gasteiger partial charge in [0, 0.05) is 6.04 Å². The third kappa shape index (κ3) is 1.82. The van der Waals surface area contributed by atoms with Crippen LogP contribution in [-0.2, 0) is 0 Å². The first kappa shape index (κ1) is 8.55. The molecule has 2 fully saturated rings. The highest BCUT2D eigenvalue weighted by molar-refractivity contribution is 4.82. The van der Waals surface area contributed by atoms with Crippen LogP contribution in [-0.4, -0.2) is 12.6 Å². The van der Waals surface area contributed by atoms with Gasteiger partial charge in [0.15, 0.2) is 0 Å². The van der Waals surface area contributed by atoms with Gasteiger partial charge in [-0.15, -0.1) is 0 Å². The largest absolute Gasteiger partial charge is 0.314 e. The van der Waals surface area contributed by atoms with Gasteiger partial charge in [0.25, 0.3) is 0 Å². The molecule has 0 spiro atoms. The highest BCUT2D eigenvalue weighted by atomic mass is 14.9. The molecular weight excluding hydrogens is 146 g/mol. The van der Waals surface area contributed by atoms with Crippen LogP contribution in [0.25, 0.3) is 0 Å². The van der Waals surface area contributed by atoms with Gasteiger partial charge >= 0.3 is 0 Å². The van der Waals surface area contributed by atoms with Crippen molar-refractivity contribution in [2.75, 3.05) is 6.54 Å². The number of rotatable bonds is 1. The van der Waals surface area contributed by atoms with Crippen LogP contribution in [0.2, 0.25) is 0 Å². The van der Waals surface area contributed by atoms with Crippen LogP contribution in [0.1, 0.15) is 45.4 Å². The zero-order valence-electron chi connectivity index (χ0n) is 8.18. The molecule has 0 aromatic rings. The van der Waals surface area contributed by atoms with Gasteiger partial charge in [-0.2, -0.15) is 0 Å². The van der Waals surface area contributed by atoms with E-state index in [1.165, 1.54) is 45.1 Å². The molecule has 0 aromatic heterocycles. The smallest absolute Gasteiger partial charge is 0.00389 e. The molecule has 0 bridgehead atoms. The Morgan fingerprint density at radius 3 is 2.25 bits per heavy atom. The Kier molecular flexibility index (Phi) is 2.69. The van der Waals surface area contributed by atoms with E-state index in [4.69, 9.17) is 0 Å². The van der Waals surface area contributed by atoms with Crippen molar-refractivity contribution in [1.29, 1.82) is 0 Å². The number of hydrogen-bond acceptors (Lipinski definition) is 1. The van der Waals surface area contributed by atoms with Gasteiger partial charge in [0.1, 0.15) is 0 Å². The van der Waals surface area contributed by atoms with E-state index in [9.17, 15) is 0 Å². The summed E-state index contributed by atoms with van der Waals surface area (Å²) < 4.78 is 0. The first-order valence-corrected chi connectivity index (χ1v) is 5.59. The average Bonchev–Trinajstić information content (AvgIpc) is 2.58. The fourth-order valence-electron chi connectivity index (χ4n) is 2.85. The Bertz CT molecular complexity index is 130. The lowest BCUT2D eigenvalue weighted by atomic mass is 9.83. The molecule has 0 unspecified atom stereocenters. The SMILES string of the molecule is C[C@@H]1CC[C@@H](C2CCCC2)CN1. The molecule has 1 heteroatoms. The van der Waals surface area contributed by atoms with Gasteiger partial charge in [-0.1, -0.05) is 25.7 Å². The summed E-state index contributed by atoms with van der Waals surface area (Å²) in [7, 11) is 0. The minimum Gasteiger partial charge on any atom is -0.314 e. The lowest BCUT2D eigenvalue weighted by molar-refractivity contribution is 0.239. The predicted octanol–water partition coefficient (Wildman–Crippen LogP) is 2.56. The van der Waals surface area contributed by atoms with Gasteiger partial charge in [-0.25, -0.2) is 0 Å². The summed E-state index contributed by atoms with van der Waals surface area (Å²) in [5, 5.41) is 3.61. The molecule has 1 N–H and O–H groups in total. The molecule has 1 nitrogen and oxygen atoms in total. The summed E-state index contributed by atoms with van der Waals surface area (Å²) in [5.74, 6) is 2.09. The molecule has 2 atom stereocenters. The normalized spacial score (nSPS) is 38.8. The molecule has 0 radical (unpaired) electrons. The van der Waals surface area contributed by atoms with Crippen molar-refractivity contribution in [2.24, 2.45) is 11.8 Å². The zero-order valence-corrected chi connectivity index (χ0v) is 8.18. The van der Waals surface area contributed by atoms with Gasteiger partial charge in [-0.05, 0) is 38.1 Å². The van der Waals surface area contributed by atoms with Crippen molar-refractivity contribution < 1.29 is 0 Å². The van der Waals surface area contributed by atoms with E-state index < -0.39 is 0 Å². The summed E-state index contributed by atoms with van der Waals surface area (Å²) in [4.78, 5) is 0. The van der Waals surface area contributed by atoms with Gasteiger partial charge < -0.3 is 5.32 Å². The summed E-state index contributed by atoms with van der Waals surface area (Å²) in [6.45, 7) is 3.61. The van der Waals surface area contributed by atoms with Crippen LogP contribution < -0.4 is 5.32 Å². The molecule has 1 heterocycles. The summed E-state index contributed by atoms with van der Waals surface area (Å²) in [6, 6.07) is 0.780. The lowest BCUT2D eigenvalue weighted by Gasteiger charge is -2.31. The van der Waals surface area contributed by atoms with Crippen LogP contribution in [0.4, 0.5) is 0 Å². The second kappa shape index (κ2) is 3.78. The third-order valence-corrected chi connectivity index (χ3v) is 3.77. The van der Waals surface area contributed by atoms with Crippen LogP contribution in [0, 0.1) is 11.8 Å². The molecule has 0 amide bonds. The minimum absolute atomic E-state index is 0.780. The molecule has 1 saturated carbocycles. The molecule has 12 heavy (non-hydrogen) atoms. The van der Waals surface area contributed by atoms with E-state index in [1.54, 1.807) is 0 Å². The van der Waals surface area contributed by atoms with Crippen molar-refractivity contribution in [2.45, 2.75) is 51.5 Å². The molecular formula is C11H21N. The Labute approximate surface area is 75.9 Å². The first-order valence-electron chi connectivity index (χ1n) is 5.59. The van der Waals surface area contributed by atoms with Gasteiger partial charge in [0.2, 0.25) is 0 Å². The number of nitrogens with one attached hydrogen (secondary N) is 1. The third-order valence-electron chi connectivity index (χ3n) is 3.77. The fourth-order valence-corrected chi connectivity index (χ4v) is 2.85. The topological polar surface area (TPSA) is 12.0 Å². The summed E-state index contributed by atoms with van der Waals surface area (Å²) >= 11 is 0. The Morgan fingerprint density at radius 1 is 0.917 bits per heavy atom. The Morgan fingerprint density at radius 2 is 1.67 bits per heavy atom. The van der Waals surface area contributed by atoms with E-state index in [0.717, 1.165) is 17.9 Å². The van der Waals surface area contributed by atoms with E-state index in [-0.39, 0.29) is 0 Å². The van der Waals surface area contributed by atoms with Gasteiger partial charge in [0.05, 0.1) is 0 Å². The monoisotopic (exact) mass is 167 g/mol. The van der Waals surface area contributed by atoms with Crippen molar-refractivity contribution in [3.63, 3.8) is 0 Å². The van der Waals surface area contributed by atoms with Crippen LogP contribution in [0.5, 0.6) is 0 Å². The first-order chi connectivity index (χ1) is 5.86. The van der Waals surface area contributed by atoms with Crippen molar-refractivity contribution >= 4 is 0 Å². The Hall–Kier alpha value is -0.0400. The second-order valence-electron chi connectivity index (χ2n) is 4.69. The summed E-state index contributed by atoms with van der Waals surface area (Å²) in [6.07, 6.45) is 8.91. The maximum Gasteiger partial charge on any atom is 0.00389 e. The van der Waals surface area contributed by atoms with Crippen molar-refractivity contribution in [1.82, 2.24) is 5.32 Å². The highest BCUT2D eigenvalue weighted by Crippen LogP contribution is 2.34. The Balaban J connectivity index is 1.80. The second-order valence-corrected chi connectivity index (χ2v) is 4.69. The van der Waals surface area contributed by atoms with E-state index >= 15 is 0 Å². The molecule has 0 aromatic carbocycles. The number of hydrogen-bond donors (Lipinski definition) is 1. The van der Waals surface area contributed by atoms with Crippen LogP contribution in [0.15, 0.2) is 0 Å². The predicted molar refractivity (Wildman–Crippen MR) is 52.1 cm³/mol. The van der Waals surface area contributed by atoms with E-state index in [0.29, 0.717) is 0 Å². The fraction of sp³-hybridized carbons (Fsp3) is 1.00. The standard InChI is InChI=1S/C11H21N/c1-9-6-7-11(8-12-9)10-4-2-3-5-10/h9-12H,2-8H2,1H3/t9-,11-/m1/s1. The summed E-state index contributed by atoms with van der Waals surface area (Å²) in [5.41, 5.74) is 0. The molecule has 70 valence electrons. The van der Waals surface area contributed by atoms with Crippen molar-refractivity contribution in [3.8, 4) is 0 Å². The van der Waals surface area contributed by atoms with Crippen LogP contribution >= 0.6 is 0 Å². The molecule has 1 aliphatic heterocycles. The number of piperidine rings is 1. The molecule has 1 saturated heterocycles. The van der Waals surface area contributed by atoms with Crippen LogP contribution in [0.3, 0.4) is 0 Å². The molecule has 2 aliphatic rings. The average molecular weight is 167 g/mol. The highest BCUT2D eigenvalue weighted by Gasteiger charge is 2.27. The molecule has 1 aliphatic carbocycles. The quantitative estimate of drug-likeness (QED) is 0.633. The maximum absolute atomic E-state index is 3.61. The maximum atomic E-state index is 3.61. The van der Waals surface area contributed by atoms with E-state index in [1.807, 2.05) is 0 Å². The lowest BCUT2D eigenvalue weighted by Crippen LogP contribution is -2.39. The van der Waals surface area contributed by atoms with E-state index in [2.05, 4.69) is 12.2 Å². The molecule has 2 rings (SSSR count). The van der Waals surface area contributed by atoms with Crippen molar-refractivity contribution in [3.05, 3.63) is 0 Å². The minimum atomic E-state index is 0.780. The zero-order chi connectivity index (χ0) is 8.39.